The van der Waals surface area contributed by atoms with Crippen molar-refractivity contribution in [3.05, 3.63) is 66.2 Å². The maximum absolute atomic E-state index is 4.87. The van der Waals surface area contributed by atoms with Gasteiger partial charge in [0.05, 0.1) is 12.6 Å². The van der Waals surface area contributed by atoms with Gasteiger partial charge in [0, 0.05) is 12.2 Å². The highest BCUT2D eigenvalue weighted by atomic mass is 15.4. The van der Waals surface area contributed by atoms with Crippen LogP contribution in [0.5, 0.6) is 0 Å². The predicted octanol–water partition coefficient (Wildman–Crippen LogP) is 4.96. The first-order valence-corrected chi connectivity index (χ1v) is 10.1. The normalized spacial score (nSPS) is 20.4. The smallest absolute Gasteiger partial charge is 0.198 e. The summed E-state index contributed by atoms with van der Waals surface area (Å²) in [6, 6.07) is 21.7. The quantitative estimate of drug-likeness (QED) is 0.799. The van der Waals surface area contributed by atoms with Gasteiger partial charge in [0.1, 0.15) is 0 Å². The van der Waals surface area contributed by atoms with E-state index in [2.05, 4.69) is 70.9 Å². The number of aliphatic imine (C=N–C) groups is 1. The van der Waals surface area contributed by atoms with E-state index in [1.807, 2.05) is 0 Å². The van der Waals surface area contributed by atoms with Crippen molar-refractivity contribution < 1.29 is 0 Å². The molecular formula is C23H29N3. The molecule has 3 nitrogen and oxygen atoms in total. The molecule has 2 aromatic rings. The minimum absolute atomic E-state index is 0.463. The van der Waals surface area contributed by atoms with Crippen molar-refractivity contribution in [3.8, 4) is 0 Å². The molecule has 0 aromatic heterocycles. The number of hydrogen-bond acceptors (Lipinski definition) is 3. The van der Waals surface area contributed by atoms with Gasteiger partial charge in [-0.1, -0.05) is 74.2 Å². The Bertz CT molecular complexity index is 705. The van der Waals surface area contributed by atoms with E-state index >= 15 is 0 Å². The lowest BCUT2D eigenvalue weighted by molar-refractivity contribution is 0.308. The van der Waals surface area contributed by atoms with Gasteiger partial charge in [-0.2, -0.15) is 0 Å². The first-order valence-electron chi connectivity index (χ1n) is 10.1. The molecule has 0 amide bonds. The number of benzene rings is 2. The lowest BCUT2D eigenvalue weighted by Crippen LogP contribution is -2.42. The number of nitrogens with one attached hydrogen (secondary N) is 1. The zero-order valence-electron chi connectivity index (χ0n) is 15.5. The molecule has 0 radical (unpaired) electrons. The van der Waals surface area contributed by atoms with Crippen LogP contribution in [-0.4, -0.2) is 30.0 Å². The second-order valence-corrected chi connectivity index (χ2v) is 7.63. The lowest BCUT2D eigenvalue weighted by Gasteiger charge is -2.29. The molecule has 2 aromatic carbocycles. The predicted molar refractivity (Wildman–Crippen MR) is 110 cm³/mol. The van der Waals surface area contributed by atoms with Crippen LogP contribution in [-0.2, 0) is 6.42 Å². The molecule has 0 bridgehead atoms. The second kappa shape index (κ2) is 8.39. The van der Waals surface area contributed by atoms with Crippen molar-refractivity contribution in [3.63, 3.8) is 0 Å². The Morgan fingerprint density at radius 3 is 2.35 bits per heavy atom. The van der Waals surface area contributed by atoms with E-state index in [0.717, 1.165) is 37.1 Å². The summed E-state index contributed by atoms with van der Waals surface area (Å²) in [5.41, 5.74) is 2.53. The van der Waals surface area contributed by atoms with Crippen LogP contribution in [0, 0.1) is 5.92 Å². The molecule has 1 saturated carbocycles. The minimum Gasteiger partial charge on any atom is -0.338 e. The molecule has 26 heavy (non-hydrogen) atoms. The molecule has 1 aliphatic carbocycles. The zero-order valence-corrected chi connectivity index (χ0v) is 15.5. The molecule has 1 atom stereocenters. The van der Waals surface area contributed by atoms with Gasteiger partial charge in [-0.05, 0) is 36.5 Å². The molecule has 0 saturated heterocycles. The molecule has 2 aliphatic rings. The molecule has 136 valence electrons. The summed E-state index contributed by atoms with van der Waals surface area (Å²) in [6.07, 6.45) is 8.02. The number of guanidine groups is 1. The number of anilines is 1. The van der Waals surface area contributed by atoms with Crippen LogP contribution in [0.3, 0.4) is 0 Å². The lowest BCUT2D eigenvalue weighted by atomic mass is 10.0. The first kappa shape index (κ1) is 17.1. The van der Waals surface area contributed by atoms with Crippen LogP contribution >= 0.6 is 0 Å². The highest BCUT2D eigenvalue weighted by molar-refractivity contribution is 5.95. The van der Waals surface area contributed by atoms with Crippen LogP contribution in [0.25, 0.3) is 0 Å². The Labute approximate surface area is 157 Å². The summed E-state index contributed by atoms with van der Waals surface area (Å²) in [5, 5.41) is 3.56. The molecular weight excluding hydrogens is 318 g/mol. The minimum atomic E-state index is 0.463. The van der Waals surface area contributed by atoms with Crippen molar-refractivity contribution in [2.75, 3.05) is 18.4 Å². The van der Waals surface area contributed by atoms with E-state index in [-0.39, 0.29) is 0 Å². The Balaban J connectivity index is 1.45. The SMILES string of the molecule is c1ccc(C[C@H]2CN=C(Nc3ccccc3)N2CCC2CCCC2)cc1. The monoisotopic (exact) mass is 347 g/mol. The fourth-order valence-corrected chi connectivity index (χ4v) is 4.29. The van der Waals surface area contributed by atoms with Crippen LogP contribution in [0.4, 0.5) is 5.69 Å². The molecule has 1 aliphatic heterocycles. The van der Waals surface area contributed by atoms with Gasteiger partial charge in [0.2, 0.25) is 0 Å². The second-order valence-electron chi connectivity index (χ2n) is 7.63. The van der Waals surface area contributed by atoms with Gasteiger partial charge in [-0.15, -0.1) is 0 Å². The third kappa shape index (κ3) is 4.27. The third-order valence-electron chi connectivity index (χ3n) is 5.76. The summed E-state index contributed by atoms with van der Waals surface area (Å²) in [4.78, 5) is 7.39. The summed E-state index contributed by atoms with van der Waals surface area (Å²) in [5.74, 6) is 1.96. The first-order chi connectivity index (χ1) is 12.9. The van der Waals surface area contributed by atoms with Gasteiger partial charge in [0.15, 0.2) is 5.96 Å². The van der Waals surface area contributed by atoms with Gasteiger partial charge in [-0.25, -0.2) is 0 Å². The molecule has 3 heteroatoms. The fraction of sp³-hybridized carbons (Fsp3) is 0.435. The van der Waals surface area contributed by atoms with E-state index < -0.39 is 0 Å². The van der Waals surface area contributed by atoms with E-state index in [0.29, 0.717) is 6.04 Å². The number of nitrogens with zero attached hydrogens (tertiary/aromatic N) is 2. The fourth-order valence-electron chi connectivity index (χ4n) is 4.29. The average molecular weight is 348 g/mol. The standard InChI is InChI=1S/C23H29N3/c1-3-11-20(12-4-1)17-22-18-24-23(25-21-13-5-2-6-14-21)26(22)16-15-19-9-7-8-10-19/h1-6,11-14,19,22H,7-10,15-18H2,(H,24,25)/t22-/m0/s1. The summed E-state index contributed by atoms with van der Waals surface area (Å²) in [6.45, 7) is 2.00. The zero-order chi connectivity index (χ0) is 17.6. The van der Waals surface area contributed by atoms with Crippen molar-refractivity contribution in [1.82, 2.24) is 4.90 Å². The summed E-state index contributed by atoms with van der Waals surface area (Å²) >= 11 is 0. The Kier molecular flexibility index (Phi) is 5.53. The number of hydrogen-bond donors (Lipinski definition) is 1. The molecule has 1 heterocycles. The largest absolute Gasteiger partial charge is 0.338 e. The van der Waals surface area contributed by atoms with Crippen molar-refractivity contribution in [1.29, 1.82) is 0 Å². The van der Waals surface area contributed by atoms with E-state index in [9.17, 15) is 0 Å². The van der Waals surface area contributed by atoms with E-state index in [1.165, 1.54) is 37.7 Å². The van der Waals surface area contributed by atoms with Crippen LogP contribution in [0.2, 0.25) is 0 Å². The topological polar surface area (TPSA) is 27.6 Å². The number of rotatable bonds is 6. The highest BCUT2D eigenvalue weighted by Crippen LogP contribution is 2.29. The van der Waals surface area contributed by atoms with Gasteiger partial charge < -0.3 is 10.2 Å². The van der Waals surface area contributed by atoms with Gasteiger partial charge in [-0.3, -0.25) is 4.99 Å². The average Bonchev–Trinajstić information content (AvgIpc) is 3.32. The van der Waals surface area contributed by atoms with Crippen LogP contribution < -0.4 is 5.32 Å². The van der Waals surface area contributed by atoms with Crippen molar-refractivity contribution in [2.45, 2.75) is 44.6 Å². The molecule has 0 spiro atoms. The summed E-state index contributed by atoms with van der Waals surface area (Å²) < 4.78 is 0. The van der Waals surface area contributed by atoms with E-state index in [4.69, 9.17) is 4.99 Å². The Morgan fingerprint density at radius 2 is 1.62 bits per heavy atom. The number of para-hydroxylation sites is 1. The highest BCUT2D eigenvalue weighted by Gasteiger charge is 2.29. The Morgan fingerprint density at radius 1 is 0.923 bits per heavy atom. The van der Waals surface area contributed by atoms with Crippen molar-refractivity contribution >= 4 is 11.6 Å². The summed E-state index contributed by atoms with van der Waals surface area (Å²) in [7, 11) is 0. The van der Waals surface area contributed by atoms with E-state index in [1.54, 1.807) is 0 Å². The molecule has 4 rings (SSSR count). The molecule has 0 unspecified atom stereocenters. The van der Waals surface area contributed by atoms with Gasteiger partial charge >= 0.3 is 0 Å². The van der Waals surface area contributed by atoms with Crippen molar-refractivity contribution in [2.24, 2.45) is 10.9 Å². The maximum atomic E-state index is 4.87. The third-order valence-corrected chi connectivity index (χ3v) is 5.76. The molecule has 1 fully saturated rings. The maximum Gasteiger partial charge on any atom is 0.198 e. The molecule has 1 N–H and O–H groups in total. The van der Waals surface area contributed by atoms with Gasteiger partial charge in [0.25, 0.3) is 0 Å². The van der Waals surface area contributed by atoms with Crippen LogP contribution in [0.1, 0.15) is 37.7 Å². The Hall–Kier alpha value is -2.29. The van der Waals surface area contributed by atoms with Crippen LogP contribution in [0.15, 0.2) is 65.7 Å².